The first-order valence-electron chi connectivity index (χ1n) is 5.81. The molecule has 0 aliphatic heterocycles. The van der Waals surface area contributed by atoms with Gasteiger partial charge in [-0.1, -0.05) is 0 Å². The molecule has 0 saturated carbocycles. The van der Waals surface area contributed by atoms with Crippen molar-refractivity contribution in [3.8, 4) is 0 Å². The summed E-state index contributed by atoms with van der Waals surface area (Å²) in [6, 6.07) is 3.14. The minimum absolute atomic E-state index is 0.0918. The molecule has 0 fully saturated rings. The molecule has 7 nitrogen and oxygen atoms in total. The number of carbonyl (C=O) groups is 2. The Morgan fingerprint density at radius 2 is 2.30 bits per heavy atom. The molecule has 0 atom stereocenters. The molecule has 0 unspecified atom stereocenters. The van der Waals surface area contributed by atoms with Gasteiger partial charge in [0.25, 0.3) is 5.91 Å². The van der Waals surface area contributed by atoms with E-state index in [0.29, 0.717) is 11.2 Å². The number of hydrogen-bond acceptors (Lipinski definition) is 4. The number of H-pyrrole nitrogens is 1. The zero-order valence-corrected chi connectivity index (χ0v) is 12.3. The van der Waals surface area contributed by atoms with Crippen LogP contribution in [-0.2, 0) is 11.3 Å². The average Bonchev–Trinajstić information content (AvgIpc) is 3.07. The predicted octanol–water partition coefficient (Wildman–Crippen LogP) is 1.15. The summed E-state index contributed by atoms with van der Waals surface area (Å²) in [5, 5.41) is 8.98. The molecule has 0 aliphatic rings. The van der Waals surface area contributed by atoms with Gasteiger partial charge in [0.1, 0.15) is 0 Å². The first-order valence-corrected chi connectivity index (χ1v) is 6.60. The summed E-state index contributed by atoms with van der Waals surface area (Å²) in [6.45, 7) is 0.336. The highest BCUT2D eigenvalue weighted by Gasteiger charge is 2.14. The number of aromatic nitrogens is 2. The van der Waals surface area contributed by atoms with Gasteiger partial charge in [0.2, 0.25) is 5.91 Å². The number of carbonyl (C=O) groups excluding carboxylic acids is 2. The fourth-order valence-electron chi connectivity index (χ4n) is 1.54. The van der Waals surface area contributed by atoms with Crippen LogP contribution in [0, 0.1) is 0 Å². The molecule has 0 spiro atoms. The zero-order chi connectivity index (χ0) is 14.5. The molecular formula is C12H13BrN4O3. The number of likely N-dealkylation sites (N-methyl/N-ethyl adjacent to an activating group) is 1. The van der Waals surface area contributed by atoms with Gasteiger partial charge >= 0.3 is 0 Å². The highest BCUT2D eigenvalue weighted by atomic mass is 79.9. The third-order valence-corrected chi connectivity index (χ3v) is 3.02. The van der Waals surface area contributed by atoms with E-state index < -0.39 is 5.91 Å². The van der Waals surface area contributed by atoms with E-state index in [4.69, 9.17) is 4.42 Å². The lowest BCUT2D eigenvalue weighted by molar-refractivity contribution is -0.129. The van der Waals surface area contributed by atoms with E-state index in [2.05, 4.69) is 31.4 Å². The normalized spacial score (nSPS) is 10.3. The SMILES string of the molecule is CN(Cc1cn[nH]c1)C(=O)CNC(=O)c1ccc(Br)o1. The highest BCUT2D eigenvalue weighted by molar-refractivity contribution is 9.10. The molecule has 2 aromatic heterocycles. The molecule has 2 rings (SSSR count). The van der Waals surface area contributed by atoms with Crippen LogP contribution in [-0.4, -0.2) is 40.5 Å². The fourth-order valence-corrected chi connectivity index (χ4v) is 1.85. The van der Waals surface area contributed by atoms with Gasteiger partial charge in [0, 0.05) is 25.4 Å². The number of nitrogens with zero attached hydrogens (tertiary/aromatic N) is 2. The Balaban J connectivity index is 1.81. The summed E-state index contributed by atoms with van der Waals surface area (Å²) < 4.78 is 5.55. The van der Waals surface area contributed by atoms with Crippen molar-refractivity contribution in [3.05, 3.63) is 40.5 Å². The second kappa shape index (κ2) is 6.38. The van der Waals surface area contributed by atoms with Crippen molar-refractivity contribution in [2.24, 2.45) is 0 Å². The summed E-state index contributed by atoms with van der Waals surface area (Å²) in [6.07, 6.45) is 3.35. The van der Waals surface area contributed by atoms with Gasteiger partial charge in [-0.3, -0.25) is 14.7 Å². The smallest absolute Gasteiger partial charge is 0.287 e. The number of rotatable bonds is 5. The van der Waals surface area contributed by atoms with Crippen LogP contribution in [0.25, 0.3) is 0 Å². The van der Waals surface area contributed by atoms with E-state index in [0.717, 1.165) is 5.56 Å². The van der Waals surface area contributed by atoms with Gasteiger partial charge in [-0.25, -0.2) is 0 Å². The molecule has 2 aromatic rings. The molecule has 0 saturated heterocycles. The minimum Gasteiger partial charge on any atom is -0.444 e. The first-order chi connectivity index (χ1) is 9.56. The first kappa shape index (κ1) is 14.3. The second-order valence-electron chi connectivity index (χ2n) is 4.14. The van der Waals surface area contributed by atoms with Gasteiger partial charge in [-0.15, -0.1) is 0 Å². The predicted molar refractivity (Wildman–Crippen MR) is 73.8 cm³/mol. The highest BCUT2D eigenvalue weighted by Crippen LogP contribution is 2.13. The molecule has 106 valence electrons. The zero-order valence-electron chi connectivity index (χ0n) is 10.7. The maximum Gasteiger partial charge on any atom is 0.287 e. The van der Waals surface area contributed by atoms with Crippen LogP contribution in [0.1, 0.15) is 16.1 Å². The number of nitrogens with one attached hydrogen (secondary N) is 2. The van der Waals surface area contributed by atoms with E-state index in [1.54, 1.807) is 25.5 Å². The maximum absolute atomic E-state index is 11.9. The number of hydrogen-bond donors (Lipinski definition) is 2. The van der Waals surface area contributed by atoms with Crippen LogP contribution in [0.2, 0.25) is 0 Å². The van der Waals surface area contributed by atoms with E-state index >= 15 is 0 Å². The average molecular weight is 341 g/mol. The Kier molecular flexibility index (Phi) is 4.57. The Hall–Kier alpha value is -2.09. The van der Waals surface area contributed by atoms with Gasteiger partial charge in [-0.05, 0) is 28.1 Å². The standard InChI is InChI=1S/C12H13BrN4O3/c1-17(7-8-4-15-16-5-8)11(18)6-14-12(19)9-2-3-10(13)20-9/h2-5H,6-7H2,1H3,(H,14,19)(H,15,16). The Morgan fingerprint density at radius 1 is 1.50 bits per heavy atom. The largest absolute Gasteiger partial charge is 0.444 e. The molecule has 0 aliphatic carbocycles. The molecule has 0 radical (unpaired) electrons. The monoisotopic (exact) mass is 340 g/mol. The van der Waals surface area contributed by atoms with E-state index in [1.807, 2.05) is 0 Å². The Labute approximate surface area is 123 Å². The molecule has 2 N–H and O–H groups in total. The van der Waals surface area contributed by atoms with Gasteiger partial charge in [-0.2, -0.15) is 5.10 Å². The fraction of sp³-hybridized carbons (Fsp3) is 0.250. The van der Waals surface area contributed by atoms with Crippen molar-refractivity contribution in [1.82, 2.24) is 20.4 Å². The van der Waals surface area contributed by atoms with Crippen LogP contribution in [0.5, 0.6) is 0 Å². The number of amides is 2. The summed E-state index contributed by atoms with van der Waals surface area (Å²) in [7, 11) is 1.66. The van der Waals surface area contributed by atoms with Crippen molar-refractivity contribution < 1.29 is 14.0 Å². The van der Waals surface area contributed by atoms with Crippen LogP contribution in [0.15, 0.2) is 33.6 Å². The topological polar surface area (TPSA) is 91.2 Å². The van der Waals surface area contributed by atoms with Crippen molar-refractivity contribution in [2.75, 3.05) is 13.6 Å². The van der Waals surface area contributed by atoms with Crippen LogP contribution < -0.4 is 5.32 Å². The number of aromatic amines is 1. The second-order valence-corrected chi connectivity index (χ2v) is 4.92. The summed E-state index contributed by atoms with van der Waals surface area (Å²) in [5.74, 6) is -0.479. The maximum atomic E-state index is 11.9. The van der Waals surface area contributed by atoms with Crippen molar-refractivity contribution in [3.63, 3.8) is 0 Å². The minimum atomic E-state index is -0.430. The van der Waals surface area contributed by atoms with Crippen molar-refractivity contribution in [1.29, 1.82) is 0 Å². The number of furan rings is 1. The molecule has 2 amide bonds. The summed E-state index contributed by atoms with van der Waals surface area (Å²) >= 11 is 3.11. The molecule has 0 bridgehead atoms. The van der Waals surface area contributed by atoms with Gasteiger partial charge < -0.3 is 14.6 Å². The van der Waals surface area contributed by atoms with E-state index in [1.165, 1.54) is 11.0 Å². The van der Waals surface area contributed by atoms with Crippen molar-refractivity contribution in [2.45, 2.75) is 6.54 Å². The quantitative estimate of drug-likeness (QED) is 0.854. The molecule has 0 aromatic carbocycles. The third-order valence-electron chi connectivity index (χ3n) is 2.60. The van der Waals surface area contributed by atoms with Crippen molar-refractivity contribution >= 4 is 27.7 Å². The van der Waals surface area contributed by atoms with E-state index in [9.17, 15) is 9.59 Å². The Bertz CT molecular complexity index is 594. The van der Waals surface area contributed by atoms with Gasteiger partial charge in [0.05, 0.1) is 12.7 Å². The van der Waals surface area contributed by atoms with Crippen LogP contribution >= 0.6 is 15.9 Å². The van der Waals surface area contributed by atoms with Crippen LogP contribution in [0.3, 0.4) is 0 Å². The Morgan fingerprint density at radius 3 is 2.90 bits per heavy atom. The summed E-state index contributed by atoms with van der Waals surface area (Å²) in [5.41, 5.74) is 0.891. The van der Waals surface area contributed by atoms with E-state index in [-0.39, 0.29) is 18.2 Å². The van der Waals surface area contributed by atoms with Crippen LogP contribution in [0.4, 0.5) is 0 Å². The molecular weight excluding hydrogens is 328 g/mol. The summed E-state index contributed by atoms with van der Waals surface area (Å²) in [4.78, 5) is 25.0. The lowest BCUT2D eigenvalue weighted by atomic mass is 10.3. The molecule has 8 heteroatoms. The number of halogens is 1. The lowest BCUT2D eigenvalue weighted by Crippen LogP contribution is -2.37. The lowest BCUT2D eigenvalue weighted by Gasteiger charge is -2.16. The molecule has 2 heterocycles. The van der Waals surface area contributed by atoms with Gasteiger partial charge in [0.15, 0.2) is 10.4 Å². The third kappa shape index (κ3) is 3.70. The molecule has 20 heavy (non-hydrogen) atoms.